The first kappa shape index (κ1) is 16.3. The first-order valence-corrected chi connectivity index (χ1v) is 8.45. The molecular formula is C17H34N2O. The molecule has 0 aromatic rings. The molecule has 1 heterocycles. The first-order valence-electron chi connectivity index (χ1n) is 8.45. The summed E-state index contributed by atoms with van der Waals surface area (Å²) in [7, 11) is 1.87. The van der Waals surface area contributed by atoms with Crippen molar-refractivity contribution < 1.29 is 4.74 Å². The van der Waals surface area contributed by atoms with Crippen LogP contribution in [0.4, 0.5) is 0 Å². The molecule has 0 aromatic carbocycles. The molecule has 0 aromatic heterocycles. The minimum absolute atomic E-state index is 0.272. The smallest absolute Gasteiger partial charge is 0.0586 e. The molecule has 2 rings (SSSR count). The van der Waals surface area contributed by atoms with Gasteiger partial charge in [-0.3, -0.25) is 4.90 Å². The predicted octanol–water partition coefficient (Wildman–Crippen LogP) is 3.04. The van der Waals surface area contributed by atoms with Gasteiger partial charge in [-0.05, 0) is 51.9 Å². The largest absolute Gasteiger partial charge is 0.381 e. The van der Waals surface area contributed by atoms with Gasteiger partial charge >= 0.3 is 0 Å². The van der Waals surface area contributed by atoms with Gasteiger partial charge in [0.25, 0.3) is 0 Å². The molecule has 0 bridgehead atoms. The van der Waals surface area contributed by atoms with Gasteiger partial charge in [0.15, 0.2) is 0 Å². The molecule has 118 valence electrons. The molecule has 3 unspecified atom stereocenters. The molecule has 2 fully saturated rings. The highest BCUT2D eigenvalue weighted by molar-refractivity contribution is 4.97. The van der Waals surface area contributed by atoms with Crippen molar-refractivity contribution in [3.8, 4) is 0 Å². The van der Waals surface area contributed by atoms with Gasteiger partial charge in [0.1, 0.15) is 0 Å². The van der Waals surface area contributed by atoms with Crippen molar-refractivity contribution in [2.45, 2.75) is 83.5 Å². The van der Waals surface area contributed by atoms with E-state index in [4.69, 9.17) is 4.74 Å². The third-order valence-corrected chi connectivity index (χ3v) is 5.15. The second-order valence-corrected chi connectivity index (χ2v) is 7.85. The fraction of sp³-hybridized carbons (Fsp3) is 1.00. The zero-order valence-electron chi connectivity index (χ0n) is 14.1. The predicted molar refractivity (Wildman–Crippen MR) is 85.1 cm³/mol. The summed E-state index contributed by atoms with van der Waals surface area (Å²) < 4.78 is 5.63. The maximum absolute atomic E-state index is 5.63. The number of piperazine rings is 1. The second-order valence-electron chi connectivity index (χ2n) is 7.85. The van der Waals surface area contributed by atoms with Crippen molar-refractivity contribution in [3.05, 3.63) is 0 Å². The Bertz CT molecular complexity index is 303. The standard InChI is InChI=1S/C17H34N2O/c1-13(2)9-14-11-19(17(3,4)12-18-14)15-7-6-8-16(10-15)20-5/h13-16,18H,6-12H2,1-5H3. The molecule has 3 nitrogen and oxygen atoms in total. The summed E-state index contributed by atoms with van der Waals surface area (Å²) in [6, 6.07) is 1.37. The monoisotopic (exact) mass is 282 g/mol. The molecule has 3 atom stereocenters. The van der Waals surface area contributed by atoms with Crippen LogP contribution in [0.3, 0.4) is 0 Å². The normalized spacial score (nSPS) is 35.4. The van der Waals surface area contributed by atoms with E-state index < -0.39 is 0 Å². The van der Waals surface area contributed by atoms with Crippen LogP contribution in [0, 0.1) is 5.92 Å². The van der Waals surface area contributed by atoms with Gasteiger partial charge in [-0.1, -0.05) is 13.8 Å². The van der Waals surface area contributed by atoms with Crippen LogP contribution in [-0.2, 0) is 4.74 Å². The summed E-state index contributed by atoms with van der Waals surface area (Å²) in [6.45, 7) is 11.7. The third-order valence-electron chi connectivity index (χ3n) is 5.15. The van der Waals surface area contributed by atoms with Crippen molar-refractivity contribution in [1.82, 2.24) is 10.2 Å². The first-order chi connectivity index (χ1) is 9.42. The summed E-state index contributed by atoms with van der Waals surface area (Å²) >= 11 is 0. The fourth-order valence-electron chi connectivity index (χ4n) is 4.03. The molecule has 1 saturated carbocycles. The molecule has 1 saturated heterocycles. The van der Waals surface area contributed by atoms with E-state index in [0.717, 1.165) is 12.5 Å². The summed E-state index contributed by atoms with van der Waals surface area (Å²) in [5, 5.41) is 3.76. The highest BCUT2D eigenvalue weighted by atomic mass is 16.5. The second kappa shape index (κ2) is 6.76. The molecule has 1 N–H and O–H groups in total. The number of nitrogens with zero attached hydrogens (tertiary/aromatic N) is 1. The van der Waals surface area contributed by atoms with E-state index >= 15 is 0 Å². The SMILES string of the molecule is COC1CCCC(N2CC(CC(C)C)NCC2(C)C)C1. The lowest BCUT2D eigenvalue weighted by Gasteiger charge is -2.51. The zero-order chi connectivity index (χ0) is 14.8. The topological polar surface area (TPSA) is 24.5 Å². The van der Waals surface area contributed by atoms with Crippen LogP contribution in [0.15, 0.2) is 0 Å². The summed E-state index contributed by atoms with van der Waals surface area (Å²) in [5.41, 5.74) is 0.272. The van der Waals surface area contributed by atoms with Crippen LogP contribution < -0.4 is 5.32 Å². The van der Waals surface area contributed by atoms with Gasteiger partial charge in [0, 0.05) is 37.8 Å². The van der Waals surface area contributed by atoms with Crippen LogP contribution >= 0.6 is 0 Å². The number of rotatable bonds is 4. The number of methoxy groups -OCH3 is 1. The van der Waals surface area contributed by atoms with E-state index in [-0.39, 0.29) is 5.54 Å². The molecular weight excluding hydrogens is 248 g/mol. The Morgan fingerprint density at radius 2 is 2.05 bits per heavy atom. The van der Waals surface area contributed by atoms with E-state index in [9.17, 15) is 0 Å². The van der Waals surface area contributed by atoms with E-state index in [1.54, 1.807) is 0 Å². The third kappa shape index (κ3) is 3.96. The Labute approximate surface area is 125 Å². The molecule has 3 heteroatoms. The number of hydrogen-bond acceptors (Lipinski definition) is 3. The molecule has 20 heavy (non-hydrogen) atoms. The van der Waals surface area contributed by atoms with E-state index in [1.165, 1.54) is 38.6 Å². The summed E-state index contributed by atoms with van der Waals surface area (Å²) in [5.74, 6) is 0.772. The lowest BCUT2D eigenvalue weighted by molar-refractivity contribution is -0.0289. The summed E-state index contributed by atoms with van der Waals surface area (Å²) in [6.07, 6.45) is 6.88. The quantitative estimate of drug-likeness (QED) is 0.858. The van der Waals surface area contributed by atoms with Crippen LogP contribution in [0.25, 0.3) is 0 Å². The Balaban J connectivity index is 2.01. The Morgan fingerprint density at radius 1 is 1.30 bits per heavy atom. The van der Waals surface area contributed by atoms with Crippen LogP contribution in [0.1, 0.15) is 59.8 Å². The molecule has 0 amide bonds. The molecule has 0 radical (unpaired) electrons. The lowest BCUT2D eigenvalue weighted by Crippen LogP contribution is -2.65. The van der Waals surface area contributed by atoms with Gasteiger partial charge in [-0.25, -0.2) is 0 Å². The van der Waals surface area contributed by atoms with Gasteiger partial charge < -0.3 is 10.1 Å². The average Bonchev–Trinajstić information content (AvgIpc) is 2.40. The van der Waals surface area contributed by atoms with Crippen molar-refractivity contribution >= 4 is 0 Å². The molecule has 1 aliphatic carbocycles. The van der Waals surface area contributed by atoms with Crippen molar-refractivity contribution in [1.29, 1.82) is 0 Å². The van der Waals surface area contributed by atoms with E-state index in [1.807, 2.05) is 7.11 Å². The lowest BCUT2D eigenvalue weighted by atomic mass is 9.85. The fourth-order valence-corrected chi connectivity index (χ4v) is 4.03. The Morgan fingerprint density at radius 3 is 2.70 bits per heavy atom. The highest BCUT2D eigenvalue weighted by Gasteiger charge is 2.39. The van der Waals surface area contributed by atoms with Gasteiger partial charge in [0.05, 0.1) is 6.10 Å². The van der Waals surface area contributed by atoms with Crippen LogP contribution in [0.2, 0.25) is 0 Å². The van der Waals surface area contributed by atoms with Crippen molar-refractivity contribution in [3.63, 3.8) is 0 Å². The average molecular weight is 282 g/mol. The van der Waals surface area contributed by atoms with Crippen LogP contribution in [0.5, 0.6) is 0 Å². The number of hydrogen-bond donors (Lipinski definition) is 1. The van der Waals surface area contributed by atoms with Crippen LogP contribution in [-0.4, -0.2) is 48.8 Å². The summed E-state index contributed by atoms with van der Waals surface area (Å²) in [4.78, 5) is 2.78. The number of nitrogens with one attached hydrogen (secondary N) is 1. The molecule has 0 spiro atoms. The highest BCUT2D eigenvalue weighted by Crippen LogP contribution is 2.32. The maximum Gasteiger partial charge on any atom is 0.0586 e. The van der Waals surface area contributed by atoms with E-state index in [2.05, 4.69) is 37.9 Å². The maximum atomic E-state index is 5.63. The number of ether oxygens (including phenoxy) is 1. The molecule has 2 aliphatic rings. The van der Waals surface area contributed by atoms with Gasteiger partial charge in [-0.2, -0.15) is 0 Å². The van der Waals surface area contributed by atoms with Crippen molar-refractivity contribution in [2.24, 2.45) is 5.92 Å². The zero-order valence-corrected chi connectivity index (χ0v) is 14.1. The minimum Gasteiger partial charge on any atom is -0.381 e. The van der Waals surface area contributed by atoms with Gasteiger partial charge in [0.2, 0.25) is 0 Å². The Kier molecular flexibility index (Phi) is 5.49. The van der Waals surface area contributed by atoms with Gasteiger partial charge in [-0.15, -0.1) is 0 Å². The van der Waals surface area contributed by atoms with E-state index in [0.29, 0.717) is 18.2 Å². The van der Waals surface area contributed by atoms with Crippen molar-refractivity contribution in [2.75, 3.05) is 20.2 Å². The molecule has 1 aliphatic heterocycles. The Hall–Kier alpha value is -0.120. The minimum atomic E-state index is 0.272.